The molecule has 0 aliphatic rings. The van der Waals surface area contributed by atoms with Gasteiger partial charge in [0.15, 0.2) is 11.1 Å². The number of aromatic nitrogens is 2. The van der Waals surface area contributed by atoms with Gasteiger partial charge < -0.3 is 5.98 Å². The van der Waals surface area contributed by atoms with Gasteiger partial charge in [-0.1, -0.05) is 0 Å². The van der Waals surface area contributed by atoms with Crippen LogP contribution in [0, 0.1) is 0 Å². The summed E-state index contributed by atoms with van der Waals surface area (Å²) in [6.07, 6.45) is 1.74. The van der Waals surface area contributed by atoms with Gasteiger partial charge in [0.2, 0.25) is 0 Å². The second-order valence-corrected chi connectivity index (χ2v) is 2.65. The smallest absolute Gasteiger partial charge is 1.00 e. The molecule has 0 aromatic carbocycles. The van der Waals surface area contributed by atoms with E-state index in [2.05, 4.69) is 5.10 Å². The van der Waals surface area contributed by atoms with Crippen molar-refractivity contribution in [1.29, 1.82) is 0 Å². The summed E-state index contributed by atoms with van der Waals surface area (Å²) in [5.74, 6) is 0. The molecule has 1 rings (SSSR count). The largest absolute Gasteiger partial charge is 1.00 e. The second kappa shape index (κ2) is 5.03. The van der Waals surface area contributed by atoms with Crippen LogP contribution in [0.1, 0.15) is 7.98 Å². The Balaban J connectivity index is 0. The van der Waals surface area contributed by atoms with Crippen molar-refractivity contribution in [3.05, 3.63) is 12.4 Å². The molecule has 0 radical (unpaired) electrons. The minimum Gasteiger partial charge on any atom is -1.00 e. The molecule has 1 aromatic rings. The quantitative estimate of drug-likeness (QED) is 0.448. The van der Waals surface area contributed by atoms with Gasteiger partial charge in [-0.25, -0.2) is 8.89 Å². The van der Waals surface area contributed by atoms with Crippen molar-refractivity contribution < 1.29 is 48.5 Å². The molecule has 0 saturated heterocycles. The Bertz CT molecular complexity index is 285. The maximum Gasteiger partial charge on any atom is 1.00 e. The van der Waals surface area contributed by atoms with Crippen molar-refractivity contribution in [3.8, 4) is 0 Å². The SMILES string of the molecule is O=S(O)c1cnn(C(F)F)c1.[H-].[Na+]. The third-order valence-electron chi connectivity index (χ3n) is 0.979. The molecule has 0 saturated carbocycles. The van der Waals surface area contributed by atoms with Crippen LogP contribution < -0.4 is 29.6 Å². The zero-order chi connectivity index (χ0) is 8.43. The Morgan fingerprint density at radius 2 is 2.33 bits per heavy atom. The maximum atomic E-state index is 11.8. The Morgan fingerprint density at radius 1 is 1.75 bits per heavy atom. The van der Waals surface area contributed by atoms with Gasteiger partial charge in [0.25, 0.3) is 0 Å². The normalized spacial score (nSPS) is 12.7. The number of hydrogen-bond donors (Lipinski definition) is 1. The average Bonchev–Trinajstić information content (AvgIpc) is 2.33. The predicted octanol–water partition coefficient (Wildman–Crippen LogP) is -2.02. The fourth-order valence-corrected chi connectivity index (χ4v) is 0.853. The molecule has 0 aliphatic carbocycles. The standard InChI is InChI=1S/C4H4F2N2O2S.Na.H/c5-4(6)8-2-3(1-7-8)11(9)10;;/h1-2,4H,(H,9,10);;/q;+1;-1. The van der Waals surface area contributed by atoms with Gasteiger partial charge in [0.05, 0.1) is 6.20 Å². The first-order valence-electron chi connectivity index (χ1n) is 2.54. The summed E-state index contributed by atoms with van der Waals surface area (Å²) in [6, 6.07) is 0. The zero-order valence-electron chi connectivity index (χ0n) is 7.15. The van der Waals surface area contributed by atoms with E-state index in [1.54, 1.807) is 0 Å². The summed E-state index contributed by atoms with van der Waals surface area (Å²) in [6.45, 7) is -2.77. The van der Waals surface area contributed by atoms with E-state index in [0.29, 0.717) is 4.68 Å². The van der Waals surface area contributed by atoms with E-state index in [1.807, 2.05) is 0 Å². The number of hydrogen-bond acceptors (Lipinski definition) is 2. The molecule has 1 aromatic heterocycles. The van der Waals surface area contributed by atoms with Crippen LogP contribution in [-0.2, 0) is 11.1 Å². The van der Waals surface area contributed by atoms with Crippen LogP contribution in [0.2, 0.25) is 0 Å². The fraction of sp³-hybridized carbons (Fsp3) is 0.250. The molecule has 1 N–H and O–H groups in total. The molecule has 12 heavy (non-hydrogen) atoms. The zero-order valence-corrected chi connectivity index (χ0v) is 8.96. The van der Waals surface area contributed by atoms with Crippen molar-refractivity contribution in [3.63, 3.8) is 0 Å². The first-order valence-corrected chi connectivity index (χ1v) is 3.65. The van der Waals surface area contributed by atoms with E-state index in [0.717, 1.165) is 12.4 Å². The summed E-state index contributed by atoms with van der Waals surface area (Å²) in [4.78, 5) is -0.134. The van der Waals surface area contributed by atoms with Crippen molar-refractivity contribution in [1.82, 2.24) is 9.78 Å². The van der Waals surface area contributed by atoms with Crippen molar-refractivity contribution in [2.75, 3.05) is 0 Å². The van der Waals surface area contributed by atoms with Crippen LogP contribution in [-0.4, -0.2) is 18.5 Å². The van der Waals surface area contributed by atoms with Crippen LogP contribution in [0.3, 0.4) is 0 Å². The molecular weight excluding hydrogens is 201 g/mol. The summed E-state index contributed by atoms with van der Waals surface area (Å²) in [5.41, 5.74) is 0. The molecule has 1 atom stereocenters. The minimum absolute atomic E-state index is 0. The van der Waals surface area contributed by atoms with E-state index in [9.17, 15) is 13.0 Å². The molecule has 1 unspecified atom stereocenters. The molecule has 0 aliphatic heterocycles. The second-order valence-electron chi connectivity index (χ2n) is 1.68. The molecule has 0 bridgehead atoms. The molecule has 0 spiro atoms. The Labute approximate surface area is 93.0 Å². The first-order chi connectivity index (χ1) is 5.11. The monoisotopic (exact) mass is 206 g/mol. The van der Waals surface area contributed by atoms with Crippen LogP contribution >= 0.6 is 0 Å². The average molecular weight is 206 g/mol. The number of rotatable bonds is 2. The number of halogens is 2. The molecule has 4 nitrogen and oxygen atoms in total. The van der Waals surface area contributed by atoms with E-state index in [4.69, 9.17) is 4.55 Å². The van der Waals surface area contributed by atoms with Gasteiger partial charge in [-0.15, -0.1) is 0 Å². The maximum absolute atomic E-state index is 11.8. The third-order valence-corrected chi connectivity index (χ3v) is 1.59. The van der Waals surface area contributed by atoms with Gasteiger partial charge in [-0.3, -0.25) is 0 Å². The third kappa shape index (κ3) is 2.91. The molecule has 0 fully saturated rings. The van der Waals surface area contributed by atoms with Crippen molar-refractivity contribution >= 4 is 11.1 Å². The van der Waals surface area contributed by atoms with Gasteiger partial charge >= 0.3 is 36.1 Å². The summed E-state index contributed by atoms with van der Waals surface area (Å²) in [5, 5.41) is 3.15. The molecule has 0 amide bonds. The van der Waals surface area contributed by atoms with Crippen LogP contribution in [0.15, 0.2) is 17.3 Å². The number of nitrogens with zero attached hydrogens (tertiary/aromatic N) is 2. The van der Waals surface area contributed by atoms with Crippen LogP contribution in [0.4, 0.5) is 8.78 Å². The summed E-state index contributed by atoms with van der Waals surface area (Å²) < 4.78 is 42.5. The van der Waals surface area contributed by atoms with E-state index in [-0.39, 0.29) is 35.9 Å². The van der Waals surface area contributed by atoms with Gasteiger partial charge in [0, 0.05) is 6.20 Å². The Kier molecular flexibility index (Phi) is 5.10. The van der Waals surface area contributed by atoms with E-state index < -0.39 is 17.6 Å². The first kappa shape index (κ1) is 12.2. The molecule has 8 heteroatoms. The van der Waals surface area contributed by atoms with E-state index in [1.165, 1.54) is 0 Å². The molecule has 1 heterocycles. The van der Waals surface area contributed by atoms with Gasteiger partial charge in [-0.2, -0.15) is 13.9 Å². The van der Waals surface area contributed by atoms with Gasteiger partial charge in [-0.05, 0) is 0 Å². The van der Waals surface area contributed by atoms with Gasteiger partial charge in [0.1, 0.15) is 4.90 Å². The minimum atomic E-state index is -2.77. The number of alkyl halides is 2. The Morgan fingerprint density at radius 3 is 2.58 bits per heavy atom. The van der Waals surface area contributed by atoms with Crippen LogP contribution in [0.5, 0.6) is 0 Å². The Hall–Kier alpha value is 0.180. The summed E-state index contributed by atoms with van der Waals surface area (Å²) >= 11 is -2.24. The summed E-state index contributed by atoms with van der Waals surface area (Å²) in [7, 11) is 0. The topological polar surface area (TPSA) is 55.1 Å². The van der Waals surface area contributed by atoms with E-state index >= 15 is 0 Å². The predicted molar refractivity (Wildman–Crippen MR) is 33.6 cm³/mol. The molecular formula is C4H5F2N2NaO2S. The van der Waals surface area contributed by atoms with Crippen molar-refractivity contribution in [2.45, 2.75) is 11.4 Å². The van der Waals surface area contributed by atoms with Crippen LogP contribution in [0.25, 0.3) is 0 Å². The molecule has 64 valence electrons. The fourth-order valence-electron chi connectivity index (χ4n) is 0.518. The van der Waals surface area contributed by atoms with Crippen molar-refractivity contribution in [2.24, 2.45) is 0 Å².